The fraction of sp³-hybridized carbons (Fsp3) is 0.571. The van der Waals surface area contributed by atoms with Gasteiger partial charge in [0.1, 0.15) is 0 Å². The fourth-order valence-electron chi connectivity index (χ4n) is 1.49. The zero-order chi connectivity index (χ0) is 12.5. The van der Waals surface area contributed by atoms with Crippen LogP contribution in [0.2, 0.25) is 0 Å². The van der Waals surface area contributed by atoms with E-state index in [0.29, 0.717) is 0 Å². The van der Waals surface area contributed by atoms with Gasteiger partial charge in [-0.2, -0.15) is 0 Å². The van der Waals surface area contributed by atoms with Crippen LogP contribution in [-0.4, -0.2) is 18.8 Å². The van der Waals surface area contributed by atoms with Gasteiger partial charge in [0.25, 0.3) is 0 Å². The summed E-state index contributed by atoms with van der Waals surface area (Å²) in [7, 11) is 0. The first-order valence-corrected chi connectivity index (χ1v) is 8.06. The van der Waals surface area contributed by atoms with Crippen molar-refractivity contribution < 1.29 is 0 Å². The summed E-state index contributed by atoms with van der Waals surface area (Å²) in [6.45, 7) is 6.78. The van der Waals surface area contributed by atoms with Crippen molar-refractivity contribution in [3.63, 3.8) is 0 Å². The fourth-order valence-corrected chi connectivity index (χ4v) is 3.06. The van der Waals surface area contributed by atoms with Crippen LogP contribution < -0.4 is 5.32 Å². The zero-order valence-electron chi connectivity index (χ0n) is 10.7. The van der Waals surface area contributed by atoms with Gasteiger partial charge in [-0.25, -0.2) is 0 Å². The molecule has 0 fully saturated rings. The lowest BCUT2D eigenvalue weighted by Gasteiger charge is -2.07. The second-order valence-corrected chi connectivity index (χ2v) is 6.58. The van der Waals surface area contributed by atoms with E-state index in [1.165, 1.54) is 28.0 Å². The first kappa shape index (κ1) is 15.1. The van der Waals surface area contributed by atoms with Gasteiger partial charge in [0.15, 0.2) is 0 Å². The predicted octanol–water partition coefficient (Wildman–Crippen LogP) is 4.57. The standard InChI is InChI=1S/C14H22BrNS/c1-12(2)11-16-9-5-6-10-17-14-8-4-3-7-13(14)15/h3-4,7-8,12,16H,5-6,9-11H2,1-2H3. The summed E-state index contributed by atoms with van der Waals surface area (Å²) in [4.78, 5) is 1.35. The van der Waals surface area contributed by atoms with Gasteiger partial charge in [-0.15, -0.1) is 11.8 Å². The van der Waals surface area contributed by atoms with Gasteiger partial charge < -0.3 is 5.32 Å². The van der Waals surface area contributed by atoms with Crippen molar-refractivity contribution in [3.8, 4) is 0 Å². The molecule has 1 rings (SSSR count). The van der Waals surface area contributed by atoms with E-state index in [0.717, 1.165) is 19.0 Å². The van der Waals surface area contributed by atoms with Crippen LogP contribution in [0.4, 0.5) is 0 Å². The second kappa shape index (κ2) is 9.01. The molecule has 0 aliphatic rings. The van der Waals surface area contributed by atoms with Crippen molar-refractivity contribution in [1.29, 1.82) is 0 Å². The lowest BCUT2D eigenvalue weighted by molar-refractivity contribution is 0.541. The average molecular weight is 316 g/mol. The molecule has 0 saturated carbocycles. The molecule has 0 aliphatic heterocycles. The van der Waals surface area contributed by atoms with Gasteiger partial charge in [-0.05, 0) is 65.7 Å². The van der Waals surface area contributed by atoms with E-state index in [1.807, 2.05) is 11.8 Å². The SMILES string of the molecule is CC(C)CNCCCCSc1ccccc1Br. The minimum atomic E-state index is 0.754. The van der Waals surface area contributed by atoms with Crippen LogP contribution >= 0.6 is 27.7 Å². The average Bonchev–Trinajstić information content (AvgIpc) is 2.30. The summed E-state index contributed by atoms with van der Waals surface area (Å²) in [5.41, 5.74) is 0. The quantitative estimate of drug-likeness (QED) is 0.557. The molecule has 0 aromatic heterocycles. The molecule has 0 amide bonds. The Morgan fingerprint density at radius 1 is 1.24 bits per heavy atom. The first-order valence-electron chi connectivity index (χ1n) is 6.28. The summed E-state index contributed by atoms with van der Waals surface area (Å²) in [5.74, 6) is 1.95. The highest BCUT2D eigenvalue weighted by atomic mass is 79.9. The van der Waals surface area contributed by atoms with Crippen LogP contribution in [0.15, 0.2) is 33.6 Å². The minimum Gasteiger partial charge on any atom is -0.316 e. The van der Waals surface area contributed by atoms with Gasteiger partial charge in [-0.1, -0.05) is 26.0 Å². The number of halogens is 1. The molecule has 0 aliphatic carbocycles. The summed E-state index contributed by atoms with van der Waals surface area (Å²) >= 11 is 5.51. The maximum Gasteiger partial charge on any atom is 0.0311 e. The highest BCUT2D eigenvalue weighted by molar-refractivity contribution is 9.10. The maximum atomic E-state index is 3.57. The number of unbranched alkanes of at least 4 members (excludes halogenated alkanes) is 1. The Balaban J connectivity index is 2.03. The van der Waals surface area contributed by atoms with Crippen LogP contribution in [-0.2, 0) is 0 Å². The highest BCUT2D eigenvalue weighted by Gasteiger charge is 1.98. The Kier molecular flexibility index (Phi) is 7.99. The zero-order valence-corrected chi connectivity index (χ0v) is 13.1. The molecule has 1 aromatic carbocycles. The van der Waals surface area contributed by atoms with Crippen molar-refractivity contribution in [2.45, 2.75) is 31.6 Å². The third-order valence-electron chi connectivity index (χ3n) is 2.39. The molecule has 0 radical (unpaired) electrons. The monoisotopic (exact) mass is 315 g/mol. The molecule has 0 atom stereocenters. The van der Waals surface area contributed by atoms with E-state index in [9.17, 15) is 0 Å². The topological polar surface area (TPSA) is 12.0 Å². The van der Waals surface area contributed by atoms with Crippen molar-refractivity contribution >= 4 is 27.7 Å². The maximum absolute atomic E-state index is 3.57. The summed E-state index contributed by atoms with van der Waals surface area (Å²) in [6, 6.07) is 8.43. The minimum absolute atomic E-state index is 0.754. The number of rotatable bonds is 8. The third-order valence-corrected chi connectivity index (χ3v) is 4.51. The number of hydrogen-bond acceptors (Lipinski definition) is 2. The molecule has 0 saturated heterocycles. The largest absolute Gasteiger partial charge is 0.316 e. The van der Waals surface area contributed by atoms with E-state index in [4.69, 9.17) is 0 Å². The molecule has 17 heavy (non-hydrogen) atoms. The van der Waals surface area contributed by atoms with Crippen LogP contribution in [0.3, 0.4) is 0 Å². The van der Waals surface area contributed by atoms with Gasteiger partial charge in [0, 0.05) is 9.37 Å². The van der Waals surface area contributed by atoms with E-state index in [-0.39, 0.29) is 0 Å². The molecule has 1 aromatic rings. The van der Waals surface area contributed by atoms with E-state index < -0.39 is 0 Å². The Bertz CT molecular complexity index is 315. The highest BCUT2D eigenvalue weighted by Crippen LogP contribution is 2.27. The molecule has 3 heteroatoms. The van der Waals surface area contributed by atoms with E-state index in [1.54, 1.807) is 0 Å². The van der Waals surface area contributed by atoms with Gasteiger partial charge in [0.2, 0.25) is 0 Å². The predicted molar refractivity (Wildman–Crippen MR) is 81.8 cm³/mol. The van der Waals surface area contributed by atoms with Crippen LogP contribution in [0.5, 0.6) is 0 Å². The van der Waals surface area contributed by atoms with Gasteiger partial charge in [0.05, 0.1) is 0 Å². The molecule has 0 unspecified atom stereocenters. The van der Waals surface area contributed by atoms with Crippen molar-refractivity contribution in [2.24, 2.45) is 5.92 Å². The summed E-state index contributed by atoms with van der Waals surface area (Å²) in [5, 5.41) is 3.48. The molecular weight excluding hydrogens is 294 g/mol. The van der Waals surface area contributed by atoms with Gasteiger partial charge >= 0.3 is 0 Å². The summed E-state index contributed by atoms with van der Waals surface area (Å²) in [6.07, 6.45) is 2.54. The molecule has 0 bridgehead atoms. The Hall–Kier alpha value is 0.01000. The normalized spacial score (nSPS) is 11.1. The lowest BCUT2D eigenvalue weighted by atomic mass is 10.2. The van der Waals surface area contributed by atoms with Crippen LogP contribution in [0.1, 0.15) is 26.7 Å². The number of thioether (sulfide) groups is 1. The van der Waals surface area contributed by atoms with E-state index in [2.05, 4.69) is 59.4 Å². The lowest BCUT2D eigenvalue weighted by Crippen LogP contribution is -2.20. The molecule has 1 N–H and O–H groups in total. The van der Waals surface area contributed by atoms with Gasteiger partial charge in [-0.3, -0.25) is 0 Å². The molecule has 0 heterocycles. The Morgan fingerprint density at radius 2 is 2.00 bits per heavy atom. The second-order valence-electron chi connectivity index (χ2n) is 4.58. The number of hydrogen-bond donors (Lipinski definition) is 1. The van der Waals surface area contributed by atoms with Crippen molar-refractivity contribution in [2.75, 3.05) is 18.8 Å². The van der Waals surface area contributed by atoms with Crippen LogP contribution in [0, 0.1) is 5.92 Å². The Morgan fingerprint density at radius 3 is 2.71 bits per heavy atom. The van der Waals surface area contributed by atoms with E-state index >= 15 is 0 Å². The molecule has 96 valence electrons. The smallest absolute Gasteiger partial charge is 0.0311 e. The number of nitrogens with one attached hydrogen (secondary N) is 1. The number of benzene rings is 1. The molecular formula is C14H22BrNS. The van der Waals surface area contributed by atoms with Crippen molar-refractivity contribution in [3.05, 3.63) is 28.7 Å². The molecule has 0 spiro atoms. The first-order chi connectivity index (χ1) is 8.20. The Labute approximate surface area is 118 Å². The molecule has 1 nitrogen and oxygen atoms in total. The van der Waals surface area contributed by atoms with Crippen LogP contribution in [0.25, 0.3) is 0 Å². The van der Waals surface area contributed by atoms with Crippen molar-refractivity contribution in [1.82, 2.24) is 5.32 Å². The third kappa shape index (κ3) is 7.12. The summed E-state index contributed by atoms with van der Waals surface area (Å²) < 4.78 is 1.21.